The first-order valence-electron chi connectivity index (χ1n) is 5.68. The molecule has 0 saturated heterocycles. The summed E-state index contributed by atoms with van der Waals surface area (Å²) in [5, 5.41) is 9.84. The highest BCUT2D eigenvalue weighted by Crippen LogP contribution is 2.13. The van der Waals surface area contributed by atoms with Crippen molar-refractivity contribution in [3.05, 3.63) is 12.0 Å². The van der Waals surface area contributed by atoms with E-state index in [9.17, 15) is 4.79 Å². The molecule has 0 aliphatic heterocycles. The molecule has 1 amide bonds. The molecular formula is C10H19ClN6O. The number of imidazole rings is 1. The van der Waals surface area contributed by atoms with Crippen LogP contribution in [0.5, 0.6) is 0 Å². The topological polar surface area (TPSA) is 99.7 Å². The zero-order valence-corrected chi connectivity index (χ0v) is 11.4. The number of hydrogen-bond donors (Lipinski definition) is 2. The molecule has 0 saturated carbocycles. The minimum absolute atomic E-state index is 0. The first-order valence-corrected chi connectivity index (χ1v) is 5.68. The average Bonchev–Trinajstić information content (AvgIpc) is 2.74. The van der Waals surface area contributed by atoms with Crippen molar-refractivity contribution in [3.63, 3.8) is 0 Å². The van der Waals surface area contributed by atoms with Crippen LogP contribution in [0.25, 0.3) is 0 Å². The van der Waals surface area contributed by atoms with Gasteiger partial charge >= 0.3 is 0 Å². The molecule has 0 aromatic carbocycles. The van der Waals surface area contributed by atoms with Gasteiger partial charge in [-0.3, -0.25) is 9.80 Å². The van der Waals surface area contributed by atoms with Gasteiger partial charge in [-0.05, 0) is 12.8 Å². The molecule has 3 N–H and O–H groups in total. The number of nitrogens with two attached hydrogens (primary N) is 1. The number of carbonyl (C=O) groups is 1. The summed E-state index contributed by atoms with van der Waals surface area (Å²) in [4.78, 5) is 17.5. The molecule has 0 radical (unpaired) electrons. The lowest BCUT2D eigenvalue weighted by Gasteiger charge is -2.14. The van der Waals surface area contributed by atoms with E-state index in [-0.39, 0.29) is 23.9 Å². The maximum absolute atomic E-state index is 11.0. The number of carbonyl (C=O) groups excluding carboxylic acids is 1. The van der Waals surface area contributed by atoms with Crippen LogP contribution in [0.2, 0.25) is 0 Å². The summed E-state index contributed by atoms with van der Waals surface area (Å²) in [6, 6.07) is 0. The number of amides is 1. The predicted molar refractivity (Wildman–Crippen MR) is 71.0 cm³/mol. The van der Waals surface area contributed by atoms with Gasteiger partial charge in [0.1, 0.15) is 0 Å². The van der Waals surface area contributed by atoms with Gasteiger partial charge in [0, 0.05) is 13.1 Å². The highest BCUT2D eigenvalue weighted by Gasteiger charge is 2.10. The van der Waals surface area contributed by atoms with Crippen LogP contribution in [-0.4, -0.2) is 34.0 Å². The molecule has 0 bridgehead atoms. The quantitative estimate of drug-likeness (QED) is 0.588. The number of halogens is 1. The molecule has 0 aliphatic carbocycles. The van der Waals surface area contributed by atoms with E-state index in [2.05, 4.69) is 34.2 Å². The van der Waals surface area contributed by atoms with Gasteiger partial charge in [0.15, 0.2) is 5.69 Å². The normalized spacial score (nSPS) is 10.3. The van der Waals surface area contributed by atoms with E-state index in [1.807, 2.05) is 5.01 Å². The van der Waals surface area contributed by atoms with Crippen molar-refractivity contribution in [1.82, 2.24) is 15.0 Å². The highest BCUT2D eigenvalue weighted by atomic mass is 35.5. The van der Waals surface area contributed by atoms with Gasteiger partial charge in [0.25, 0.3) is 5.91 Å². The van der Waals surface area contributed by atoms with E-state index in [0.717, 1.165) is 25.9 Å². The molecule has 1 rings (SSSR count). The minimum atomic E-state index is -0.589. The fourth-order valence-corrected chi connectivity index (χ4v) is 1.37. The Morgan fingerprint density at radius 1 is 1.44 bits per heavy atom. The van der Waals surface area contributed by atoms with Gasteiger partial charge in [-0.15, -0.1) is 17.5 Å². The molecular weight excluding hydrogens is 256 g/mol. The summed E-state index contributed by atoms with van der Waals surface area (Å²) in [6.45, 7) is 5.80. The number of primary amides is 1. The first kappa shape index (κ1) is 16.4. The number of nitrogens with one attached hydrogen (secondary N) is 1. The second-order valence-electron chi connectivity index (χ2n) is 3.61. The van der Waals surface area contributed by atoms with Gasteiger partial charge in [-0.25, -0.2) is 4.98 Å². The van der Waals surface area contributed by atoms with E-state index in [1.165, 1.54) is 6.33 Å². The van der Waals surface area contributed by atoms with E-state index in [0.29, 0.717) is 0 Å². The van der Waals surface area contributed by atoms with Crippen LogP contribution >= 0.6 is 12.4 Å². The maximum atomic E-state index is 11.0. The van der Waals surface area contributed by atoms with Crippen LogP contribution in [0.1, 0.15) is 37.2 Å². The molecule has 0 atom stereocenters. The Hall–Kier alpha value is -1.63. The molecule has 0 unspecified atom stereocenters. The molecule has 0 spiro atoms. The Kier molecular flexibility index (Phi) is 7.69. The third-order valence-electron chi connectivity index (χ3n) is 2.10. The van der Waals surface area contributed by atoms with Gasteiger partial charge in [-0.1, -0.05) is 19.1 Å². The van der Waals surface area contributed by atoms with Crippen LogP contribution in [0, 0.1) is 0 Å². The Labute approximate surface area is 112 Å². The van der Waals surface area contributed by atoms with Crippen molar-refractivity contribution in [2.24, 2.45) is 16.1 Å². The standard InChI is InChI=1S/C10H18N6O.ClH/c1-3-5-16(6-4-2)15-14-10-8(9(11)17)12-7-13-10;/h7H,3-6H2,1-2H3,(H2,11,17)(H,12,13);1H/b15-14+;. The number of rotatable bonds is 7. The second kappa shape index (κ2) is 8.46. The van der Waals surface area contributed by atoms with Crippen molar-refractivity contribution in [1.29, 1.82) is 0 Å². The summed E-state index contributed by atoms with van der Waals surface area (Å²) in [6.07, 6.45) is 3.35. The molecule has 8 heteroatoms. The van der Waals surface area contributed by atoms with Gasteiger partial charge in [0.2, 0.25) is 5.82 Å². The number of nitrogens with zero attached hydrogens (tertiary/aromatic N) is 4. The molecule has 1 aromatic heterocycles. The fourth-order valence-electron chi connectivity index (χ4n) is 1.37. The van der Waals surface area contributed by atoms with Gasteiger partial charge in [-0.2, -0.15) is 0 Å². The van der Waals surface area contributed by atoms with Crippen molar-refractivity contribution >= 4 is 24.1 Å². The number of aromatic amines is 1. The highest BCUT2D eigenvalue weighted by molar-refractivity contribution is 5.94. The smallest absolute Gasteiger partial charge is 0.269 e. The molecule has 1 heterocycles. The van der Waals surface area contributed by atoms with E-state index in [4.69, 9.17) is 5.73 Å². The molecule has 18 heavy (non-hydrogen) atoms. The summed E-state index contributed by atoms with van der Waals surface area (Å²) < 4.78 is 0. The Morgan fingerprint density at radius 3 is 2.56 bits per heavy atom. The first-order chi connectivity index (χ1) is 8.19. The van der Waals surface area contributed by atoms with E-state index in [1.54, 1.807) is 0 Å². The van der Waals surface area contributed by atoms with Crippen molar-refractivity contribution < 1.29 is 4.79 Å². The van der Waals surface area contributed by atoms with Crippen LogP contribution in [-0.2, 0) is 0 Å². The monoisotopic (exact) mass is 274 g/mol. The predicted octanol–water partition coefficient (Wildman–Crippen LogP) is 2.05. The van der Waals surface area contributed by atoms with Crippen molar-refractivity contribution in [2.75, 3.05) is 13.1 Å². The molecule has 7 nitrogen and oxygen atoms in total. The lowest BCUT2D eigenvalue weighted by Crippen LogP contribution is -2.18. The van der Waals surface area contributed by atoms with Crippen molar-refractivity contribution in [2.45, 2.75) is 26.7 Å². The zero-order valence-electron chi connectivity index (χ0n) is 10.6. The minimum Gasteiger partial charge on any atom is -0.364 e. The van der Waals surface area contributed by atoms with Gasteiger partial charge < -0.3 is 10.7 Å². The summed E-state index contributed by atoms with van der Waals surface area (Å²) in [5.41, 5.74) is 5.34. The lowest BCUT2D eigenvalue weighted by molar-refractivity contribution is 0.0996. The van der Waals surface area contributed by atoms with Crippen LogP contribution in [0.3, 0.4) is 0 Å². The summed E-state index contributed by atoms with van der Waals surface area (Å²) >= 11 is 0. The van der Waals surface area contributed by atoms with E-state index >= 15 is 0 Å². The van der Waals surface area contributed by atoms with Crippen LogP contribution < -0.4 is 5.73 Å². The summed E-state index contributed by atoms with van der Waals surface area (Å²) in [5.74, 6) is -0.358. The fraction of sp³-hybridized carbons (Fsp3) is 0.600. The van der Waals surface area contributed by atoms with Crippen LogP contribution in [0.4, 0.5) is 5.82 Å². The SMILES string of the molecule is CCCN(CCC)/N=N/c1nc[nH]c1C(N)=O.Cl. The summed E-state index contributed by atoms with van der Waals surface area (Å²) in [7, 11) is 0. The van der Waals surface area contributed by atoms with Crippen molar-refractivity contribution in [3.8, 4) is 0 Å². The molecule has 102 valence electrons. The third-order valence-corrected chi connectivity index (χ3v) is 2.10. The molecule has 0 fully saturated rings. The number of hydrogen-bond acceptors (Lipinski definition) is 4. The zero-order chi connectivity index (χ0) is 12.7. The Balaban J connectivity index is 0.00000289. The average molecular weight is 275 g/mol. The largest absolute Gasteiger partial charge is 0.364 e. The second-order valence-corrected chi connectivity index (χ2v) is 3.61. The lowest BCUT2D eigenvalue weighted by atomic mass is 10.4. The molecule has 1 aromatic rings. The maximum Gasteiger partial charge on any atom is 0.269 e. The van der Waals surface area contributed by atoms with E-state index < -0.39 is 5.91 Å². The number of H-pyrrole nitrogens is 1. The Morgan fingerprint density at radius 2 is 2.06 bits per heavy atom. The third kappa shape index (κ3) is 4.70. The number of aromatic nitrogens is 2. The van der Waals surface area contributed by atoms with Gasteiger partial charge in [0.05, 0.1) is 6.33 Å². The molecule has 0 aliphatic rings. The van der Waals surface area contributed by atoms with Crippen LogP contribution in [0.15, 0.2) is 16.7 Å². The Bertz CT molecular complexity index is 385.